The Labute approximate surface area is 197 Å². The van der Waals surface area contributed by atoms with Gasteiger partial charge < -0.3 is 25.4 Å². The highest BCUT2D eigenvalue weighted by molar-refractivity contribution is 6.11. The minimum absolute atomic E-state index is 0.130. The average Bonchev–Trinajstić information content (AvgIpc) is 3.59. The number of carbonyl (C=O) groups excluding carboxylic acids is 1. The molecule has 1 amide bonds. The lowest BCUT2D eigenvalue weighted by molar-refractivity contribution is 0.102. The molecule has 1 aliphatic carbocycles. The topological polar surface area (TPSA) is 105 Å². The third-order valence-electron chi connectivity index (χ3n) is 7.08. The molecule has 9 nitrogen and oxygen atoms in total. The number of fused-ring (bicyclic) bond motifs is 2. The van der Waals surface area contributed by atoms with Crippen LogP contribution in [0.2, 0.25) is 0 Å². The summed E-state index contributed by atoms with van der Waals surface area (Å²) < 4.78 is 0. The number of H-pyrrole nitrogens is 2. The van der Waals surface area contributed by atoms with Crippen LogP contribution in [0.25, 0.3) is 21.9 Å². The molecule has 0 unspecified atom stereocenters. The molecule has 4 N–H and O–H groups in total. The summed E-state index contributed by atoms with van der Waals surface area (Å²) in [6.45, 7) is 3.68. The van der Waals surface area contributed by atoms with Crippen molar-refractivity contribution in [3.63, 3.8) is 0 Å². The van der Waals surface area contributed by atoms with Gasteiger partial charge in [0.05, 0.1) is 34.0 Å². The van der Waals surface area contributed by atoms with Crippen LogP contribution in [0.3, 0.4) is 0 Å². The van der Waals surface area contributed by atoms with Gasteiger partial charge in [-0.05, 0) is 50.2 Å². The molecule has 0 spiro atoms. The lowest BCUT2D eigenvalue weighted by atomic mass is 10.1. The molecule has 4 aromatic rings. The van der Waals surface area contributed by atoms with Crippen molar-refractivity contribution in [1.82, 2.24) is 25.1 Å². The first-order valence-corrected chi connectivity index (χ1v) is 12.1. The van der Waals surface area contributed by atoms with E-state index < -0.39 is 0 Å². The summed E-state index contributed by atoms with van der Waals surface area (Å²) in [5, 5.41) is 14.7. The summed E-state index contributed by atoms with van der Waals surface area (Å²) in [6.07, 6.45) is 6.66. The molecule has 3 heterocycles. The molecule has 0 bridgehead atoms. The Hall–Kier alpha value is -3.59. The summed E-state index contributed by atoms with van der Waals surface area (Å²) in [5.74, 6) is 0.656. The number of rotatable bonds is 5. The number of piperazine rings is 1. The van der Waals surface area contributed by atoms with E-state index >= 15 is 0 Å². The monoisotopic (exact) mass is 458 g/mol. The molecule has 1 aliphatic heterocycles. The van der Waals surface area contributed by atoms with Crippen molar-refractivity contribution in [1.29, 1.82) is 0 Å². The molecule has 1 saturated heterocycles. The maximum Gasteiger partial charge on any atom is 0.257 e. The van der Waals surface area contributed by atoms with Crippen molar-refractivity contribution in [2.24, 2.45) is 0 Å². The predicted molar refractivity (Wildman–Crippen MR) is 136 cm³/mol. The van der Waals surface area contributed by atoms with Crippen LogP contribution in [0.4, 0.5) is 17.3 Å². The fourth-order valence-electron chi connectivity index (χ4n) is 5.08. The third-order valence-corrected chi connectivity index (χ3v) is 7.08. The molecule has 34 heavy (non-hydrogen) atoms. The Morgan fingerprint density at radius 2 is 1.88 bits per heavy atom. The molecule has 2 fully saturated rings. The number of imidazole rings is 1. The quantitative estimate of drug-likeness (QED) is 0.363. The zero-order valence-electron chi connectivity index (χ0n) is 19.4. The highest BCUT2D eigenvalue weighted by Gasteiger charge is 2.23. The second kappa shape index (κ2) is 8.64. The van der Waals surface area contributed by atoms with E-state index in [1.165, 1.54) is 25.7 Å². The average molecular weight is 459 g/mol. The summed E-state index contributed by atoms with van der Waals surface area (Å²) >= 11 is 0. The highest BCUT2D eigenvalue weighted by atomic mass is 16.1. The molecule has 0 atom stereocenters. The van der Waals surface area contributed by atoms with E-state index in [0.717, 1.165) is 65.4 Å². The first kappa shape index (κ1) is 21.0. The van der Waals surface area contributed by atoms with Crippen LogP contribution in [0.5, 0.6) is 0 Å². The van der Waals surface area contributed by atoms with Gasteiger partial charge in [-0.25, -0.2) is 4.98 Å². The van der Waals surface area contributed by atoms with Crippen LogP contribution in [-0.2, 0) is 0 Å². The normalized spacial score (nSPS) is 17.6. The Morgan fingerprint density at radius 3 is 2.71 bits per heavy atom. The number of carbonyl (C=O) groups is 1. The summed E-state index contributed by atoms with van der Waals surface area (Å²) in [6, 6.07) is 10.2. The van der Waals surface area contributed by atoms with Crippen LogP contribution < -0.4 is 15.5 Å². The van der Waals surface area contributed by atoms with Gasteiger partial charge in [0, 0.05) is 43.3 Å². The van der Waals surface area contributed by atoms with Crippen LogP contribution in [0.15, 0.2) is 36.5 Å². The first-order valence-electron chi connectivity index (χ1n) is 12.1. The van der Waals surface area contributed by atoms with E-state index in [-0.39, 0.29) is 5.91 Å². The van der Waals surface area contributed by atoms with E-state index in [1.807, 2.05) is 24.3 Å². The van der Waals surface area contributed by atoms with Crippen molar-refractivity contribution in [2.45, 2.75) is 31.7 Å². The molecular formula is C25H30N8O. The van der Waals surface area contributed by atoms with Crippen molar-refractivity contribution in [3.8, 4) is 0 Å². The zero-order valence-corrected chi connectivity index (χ0v) is 19.4. The number of anilines is 3. The Balaban J connectivity index is 1.34. The standard InChI is InChI=1S/C25H30N8O/c1-32-8-10-33(11-9-32)23-14-22-21(29-25(30-22)28-17-4-2-3-5-17)13-19(23)24(34)27-18-7-6-16-15-26-31-20(16)12-18/h6-7,12-15,17H,2-5,8-11H2,1H3,(H,26,31)(H,27,34)(H2,28,29,30). The zero-order chi connectivity index (χ0) is 23.1. The van der Waals surface area contributed by atoms with E-state index in [4.69, 9.17) is 4.98 Å². The molecule has 2 aromatic carbocycles. The lowest BCUT2D eigenvalue weighted by Gasteiger charge is -2.35. The lowest BCUT2D eigenvalue weighted by Crippen LogP contribution is -2.45. The number of aromatic nitrogens is 4. The van der Waals surface area contributed by atoms with Crippen molar-refractivity contribution in [2.75, 3.05) is 48.8 Å². The van der Waals surface area contributed by atoms with Crippen LogP contribution in [0, 0.1) is 0 Å². The summed E-state index contributed by atoms with van der Waals surface area (Å²) in [4.78, 5) is 26.3. The fraction of sp³-hybridized carbons (Fsp3) is 0.400. The fourth-order valence-corrected chi connectivity index (χ4v) is 5.08. The highest BCUT2D eigenvalue weighted by Crippen LogP contribution is 2.30. The SMILES string of the molecule is CN1CCN(c2cc3nc(NC4CCCC4)[nH]c3cc2C(=O)Nc2ccc3cn[nH]c3c2)CC1. The van der Waals surface area contributed by atoms with Gasteiger partial charge in [-0.1, -0.05) is 12.8 Å². The predicted octanol–water partition coefficient (Wildman–Crippen LogP) is 3.80. The maximum absolute atomic E-state index is 13.5. The second-order valence-electron chi connectivity index (χ2n) is 9.51. The van der Waals surface area contributed by atoms with Gasteiger partial charge in [0.1, 0.15) is 0 Å². The number of aromatic amines is 2. The van der Waals surface area contributed by atoms with Crippen molar-refractivity contribution < 1.29 is 4.79 Å². The molecular weight excluding hydrogens is 428 g/mol. The number of benzene rings is 2. The molecule has 9 heteroatoms. The van der Waals surface area contributed by atoms with Gasteiger partial charge in [0.2, 0.25) is 5.95 Å². The number of nitrogens with zero attached hydrogens (tertiary/aromatic N) is 4. The van der Waals surface area contributed by atoms with Gasteiger partial charge in [-0.3, -0.25) is 9.89 Å². The number of amides is 1. The van der Waals surface area contributed by atoms with E-state index in [1.54, 1.807) is 6.20 Å². The summed E-state index contributed by atoms with van der Waals surface area (Å²) in [7, 11) is 2.13. The van der Waals surface area contributed by atoms with Crippen LogP contribution in [0.1, 0.15) is 36.0 Å². The minimum atomic E-state index is -0.130. The Bertz CT molecular complexity index is 1330. The van der Waals surface area contributed by atoms with Gasteiger partial charge in [-0.15, -0.1) is 0 Å². The minimum Gasteiger partial charge on any atom is -0.368 e. The maximum atomic E-state index is 13.5. The van der Waals surface area contributed by atoms with Gasteiger partial charge in [0.15, 0.2) is 0 Å². The number of likely N-dealkylation sites (N-methyl/N-ethyl adjacent to an activating group) is 1. The molecule has 0 radical (unpaired) electrons. The van der Waals surface area contributed by atoms with Gasteiger partial charge in [-0.2, -0.15) is 5.10 Å². The van der Waals surface area contributed by atoms with Gasteiger partial charge >= 0.3 is 0 Å². The number of hydrogen-bond acceptors (Lipinski definition) is 6. The molecule has 1 saturated carbocycles. The summed E-state index contributed by atoms with van der Waals surface area (Å²) in [5.41, 5.74) is 4.96. The molecule has 6 rings (SSSR count). The third kappa shape index (κ3) is 4.07. The molecule has 2 aliphatic rings. The smallest absolute Gasteiger partial charge is 0.257 e. The van der Waals surface area contributed by atoms with E-state index in [0.29, 0.717) is 11.6 Å². The molecule has 176 valence electrons. The van der Waals surface area contributed by atoms with Gasteiger partial charge in [0.25, 0.3) is 5.91 Å². The van der Waals surface area contributed by atoms with Crippen molar-refractivity contribution >= 4 is 45.2 Å². The Morgan fingerprint density at radius 1 is 1.06 bits per heavy atom. The largest absolute Gasteiger partial charge is 0.368 e. The van der Waals surface area contributed by atoms with E-state index in [2.05, 4.69) is 48.7 Å². The Kier molecular flexibility index (Phi) is 5.33. The van der Waals surface area contributed by atoms with E-state index in [9.17, 15) is 4.79 Å². The first-order chi connectivity index (χ1) is 16.6. The molecule has 2 aromatic heterocycles. The van der Waals surface area contributed by atoms with Crippen LogP contribution in [-0.4, -0.2) is 70.2 Å². The van der Waals surface area contributed by atoms with Crippen LogP contribution >= 0.6 is 0 Å². The van der Waals surface area contributed by atoms with Crippen molar-refractivity contribution in [3.05, 3.63) is 42.1 Å². The number of hydrogen-bond donors (Lipinski definition) is 4. The number of nitrogens with one attached hydrogen (secondary N) is 4. The second-order valence-corrected chi connectivity index (χ2v) is 9.51.